The first-order valence-electron chi connectivity index (χ1n) is 9.32. The third kappa shape index (κ3) is 5.37. The van der Waals surface area contributed by atoms with Gasteiger partial charge in [0.25, 0.3) is 0 Å². The summed E-state index contributed by atoms with van der Waals surface area (Å²) >= 11 is 0. The Morgan fingerprint density at radius 3 is 2.70 bits per heavy atom. The van der Waals surface area contributed by atoms with E-state index in [1.165, 1.54) is 25.3 Å². The van der Waals surface area contributed by atoms with Crippen molar-refractivity contribution < 1.29 is 22.6 Å². The molecular weight excluding hydrogens is 397 g/mol. The fourth-order valence-corrected chi connectivity index (χ4v) is 3.09. The maximum atomic E-state index is 13.5. The molecule has 0 bridgehead atoms. The van der Waals surface area contributed by atoms with Crippen molar-refractivity contribution in [3.05, 3.63) is 59.5 Å². The van der Waals surface area contributed by atoms with Crippen molar-refractivity contribution in [3.8, 4) is 11.5 Å². The van der Waals surface area contributed by atoms with Crippen LogP contribution in [0, 0.1) is 5.82 Å². The Balaban J connectivity index is 1.58. The molecule has 0 saturated carbocycles. The van der Waals surface area contributed by atoms with E-state index in [0.29, 0.717) is 30.2 Å². The molecule has 0 aliphatic carbocycles. The maximum absolute atomic E-state index is 13.5. The summed E-state index contributed by atoms with van der Waals surface area (Å²) in [6.45, 7) is -2.16. The van der Waals surface area contributed by atoms with E-state index in [2.05, 4.69) is 25.3 Å². The average Bonchev–Trinajstić information content (AvgIpc) is 3.12. The van der Waals surface area contributed by atoms with Crippen molar-refractivity contribution in [2.75, 3.05) is 20.7 Å². The summed E-state index contributed by atoms with van der Waals surface area (Å²) in [5.74, 6) is 0.676. The number of H-pyrrole nitrogens is 1. The largest absolute Gasteiger partial charge is 0.497 e. The lowest BCUT2D eigenvalue weighted by Gasteiger charge is -2.15. The van der Waals surface area contributed by atoms with Crippen molar-refractivity contribution in [1.82, 2.24) is 15.6 Å². The Morgan fingerprint density at radius 2 is 1.97 bits per heavy atom. The molecule has 0 atom stereocenters. The van der Waals surface area contributed by atoms with Gasteiger partial charge in [0.1, 0.15) is 17.3 Å². The first-order chi connectivity index (χ1) is 14.5. The van der Waals surface area contributed by atoms with Crippen LogP contribution in [0.3, 0.4) is 0 Å². The van der Waals surface area contributed by atoms with E-state index in [9.17, 15) is 13.2 Å². The van der Waals surface area contributed by atoms with Gasteiger partial charge in [-0.3, -0.25) is 4.99 Å². The van der Waals surface area contributed by atoms with Gasteiger partial charge in [0.05, 0.1) is 7.11 Å². The molecule has 9 heteroatoms. The van der Waals surface area contributed by atoms with Gasteiger partial charge in [-0.1, -0.05) is 0 Å². The van der Waals surface area contributed by atoms with Crippen molar-refractivity contribution in [1.29, 1.82) is 0 Å². The van der Waals surface area contributed by atoms with Crippen LogP contribution < -0.4 is 20.1 Å². The molecule has 3 rings (SSSR count). The van der Waals surface area contributed by atoms with Gasteiger partial charge in [-0.25, -0.2) is 4.39 Å². The quantitative estimate of drug-likeness (QED) is 0.383. The molecule has 3 aromatic rings. The number of nitrogens with one attached hydrogen (secondary N) is 3. The number of benzene rings is 2. The average molecular weight is 420 g/mol. The van der Waals surface area contributed by atoms with E-state index in [1.807, 2.05) is 6.20 Å². The lowest BCUT2D eigenvalue weighted by molar-refractivity contribution is -0.0505. The first-order valence-corrected chi connectivity index (χ1v) is 9.32. The number of alkyl halides is 2. The highest BCUT2D eigenvalue weighted by Crippen LogP contribution is 2.26. The minimum atomic E-state index is -2.94. The van der Waals surface area contributed by atoms with E-state index in [1.54, 1.807) is 25.2 Å². The zero-order valence-electron chi connectivity index (χ0n) is 16.6. The van der Waals surface area contributed by atoms with Crippen molar-refractivity contribution in [2.45, 2.75) is 19.6 Å². The number of guanidine groups is 1. The van der Waals surface area contributed by atoms with Crippen LogP contribution in [0.5, 0.6) is 11.5 Å². The van der Waals surface area contributed by atoms with Gasteiger partial charge in [0, 0.05) is 48.9 Å². The van der Waals surface area contributed by atoms with Gasteiger partial charge < -0.3 is 25.1 Å². The minimum absolute atomic E-state index is 0.0353. The van der Waals surface area contributed by atoms with Crippen LogP contribution >= 0.6 is 0 Å². The van der Waals surface area contributed by atoms with Crippen molar-refractivity contribution in [2.24, 2.45) is 4.99 Å². The van der Waals surface area contributed by atoms with Gasteiger partial charge >= 0.3 is 6.61 Å². The molecule has 3 N–H and O–H groups in total. The molecule has 1 heterocycles. The summed E-state index contributed by atoms with van der Waals surface area (Å²) < 4.78 is 48.5. The number of ether oxygens (including phenoxy) is 2. The topological polar surface area (TPSA) is 70.7 Å². The van der Waals surface area contributed by atoms with Crippen LogP contribution in [-0.4, -0.2) is 38.3 Å². The number of aliphatic imine (C=N–C) groups is 1. The molecule has 6 nitrogen and oxygen atoms in total. The summed E-state index contributed by atoms with van der Waals surface area (Å²) in [5.41, 5.74) is 2.39. The molecule has 0 spiro atoms. The van der Waals surface area contributed by atoms with Crippen molar-refractivity contribution >= 4 is 16.9 Å². The second-order valence-electron chi connectivity index (χ2n) is 6.46. The van der Waals surface area contributed by atoms with E-state index >= 15 is 0 Å². The molecule has 0 amide bonds. The van der Waals surface area contributed by atoms with E-state index in [-0.39, 0.29) is 18.1 Å². The van der Waals surface area contributed by atoms with Gasteiger partial charge in [-0.2, -0.15) is 8.78 Å². The number of halogens is 3. The van der Waals surface area contributed by atoms with Crippen LogP contribution in [0.25, 0.3) is 10.9 Å². The number of aromatic amines is 1. The smallest absolute Gasteiger partial charge is 0.387 e. The number of nitrogens with zero attached hydrogens (tertiary/aromatic N) is 1. The molecule has 0 saturated heterocycles. The molecule has 0 aliphatic heterocycles. The summed E-state index contributed by atoms with van der Waals surface area (Å²) in [5, 5.41) is 7.07. The van der Waals surface area contributed by atoms with Crippen LogP contribution in [-0.2, 0) is 13.0 Å². The van der Waals surface area contributed by atoms with E-state index < -0.39 is 6.61 Å². The molecule has 160 valence electrons. The Morgan fingerprint density at radius 1 is 1.13 bits per heavy atom. The number of hydrogen-bond donors (Lipinski definition) is 3. The predicted molar refractivity (Wildman–Crippen MR) is 110 cm³/mol. The summed E-state index contributed by atoms with van der Waals surface area (Å²) in [7, 11) is 3.06. The van der Waals surface area contributed by atoms with Crippen LogP contribution in [0.4, 0.5) is 13.2 Å². The molecule has 0 aliphatic rings. The molecule has 2 aromatic carbocycles. The highest BCUT2D eigenvalue weighted by molar-refractivity contribution is 5.83. The second kappa shape index (κ2) is 9.91. The standard InChI is InChI=1S/C21H23F3N4O2/c1-25-21(26-8-7-13-11-27-18-6-4-15(22)9-17(13)18)28-12-14-3-5-16(29-2)10-19(14)30-20(23)24/h3-6,9-11,20,27H,7-8,12H2,1-2H3,(H2,25,26,28). The molecular formula is C21H23F3N4O2. The zero-order chi connectivity index (χ0) is 21.5. The Bertz CT molecular complexity index is 1020. The monoisotopic (exact) mass is 420 g/mol. The SMILES string of the molecule is CN=C(NCCc1c[nH]c2ccc(F)cc12)NCc1ccc(OC)cc1OC(F)F. The normalized spacial score (nSPS) is 11.7. The fourth-order valence-electron chi connectivity index (χ4n) is 3.09. The number of aromatic nitrogens is 1. The van der Waals surface area contributed by atoms with Gasteiger partial charge in [-0.15, -0.1) is 0 Å². The van der Waals surface area contributed by atoms with Gasteiger partial charge in [0.2, 0.25) is 0 Å². The summed E-state index contributed by atoms with van der Waals surface area (Å²) in [4.78, 5) is 7.26. The highest BCUT2D eigenvalue weighted by Gasteiger charge is 2.12. The Hall–Kier alpha value is -3.36. The maximum Gasteiger partial charge on any atom is 0.387 e. The van der Waals surface area contributed by atoms with Gasteiger partial charge in [-0.05, 0) is 42.3 Å². The summed E-state index contributed by atoms with van der Waals surface area (Å²) in [6, 6.07) is 9.35. The minimum Gasteiger partial charge on any atom is -0.497 e. The third-order valence-electron chi connectivity index (χ3n) is 4.58. The van der Waals surface area contributed by atoms with E-state index in [4.69, 9.17) is 4.74 Å². The summed E-state index contributed by atoms with van der Waals surface area (Å²) in [6.07, 6.45) is 2.50. The number of fused-ring (bicyclic) bond motifs is 1. The van der Waals surface area contributed by atoms with Crippen LogP contribution in [0.15, 0.2) is 47.6 Å². The van der Waals surface area contributed by atoms with E-state index in [0.717, 1.165) is 16.5 Å². The van der Waals surface area contributed by atoms with Crippen molar-refractivity contribution in [3.63, 3.8) is 0 Å². The predicted octanol–water partition coefficient (Wildman–Crippen LogP) is 3.82. The first kappa shape index (κ1) is 21.4. The fraction of sp³-hybridized carbons (Fsp3) is 0.286. The lowest BCUT2D eigenvalue weighted by Crippen LogP contribution is -2.37. The second-order valence-corrected chi connectivity index (χ2v) is 6.46. The number of methoxy groups -OCH3 is 1. The number of rotatable bonds is 8. The Kier molecular flexibility index (Phi) is 7.05. The number of hydrogen-bond acceptors (Lipinski definition) is 3. The molecule has 0 fully saturated rings. The Labute approximate surface area is 172 Å². The highest BCUT2D eigenvalue weighted by atomic mass is 19.3. The van der Waals surface area contributed by atoms with Gasteiger partial charge in [0.15, 0.2) is 5.96 Å². The molecule has 0 radical (unpaired) electrons. The molecule has 1 aromatic heterocycles. The van der Waals surface area contributed by atoms with Crippen LogP contribution in [0.1, 0.15) is 11.1 Å². The third-order valence-corrected chi connectivity index (χ3v) is 4.58. The lowest BCUT2D eigenvalue weighted by atomic mass is 10.1. The molecule has 0 unspecified atom stereocenters. The van der Waals surface area contributed by atoms with Crippen LogP contribution in [0.2, 0.25) is 0 Å². The molecule has 30 heavy (non-hydrogen) atoms. The zero-order valence-corrected chi connectivity index (χ0v) is 16.6.